The van der Waals surface area contributed by atoms with Gasteiger partial charge in [-0.25, -0.2) is 0 Å². The van der Waals surface area contributed by atoms with Gasteiger partial charge in [-0.1, -0.05) is 32.6 Å². The Labute approximate surface area is 112 Å². The Kier molecular flexibility index (Phi) is 6.67. The second-order valence-electron chi connectivity index (χ2n) is 5.58. The first-order chi connectivity index (χ1) is 8.68. The Balaban J connectivity index is 2.23. The summed E-state index contributed by atoms with van der Waals surface area (Å²) in [6, 6.07) is 2.42. The normalized spacial score (nSPS) is 20.1. The molecule has 0 heterocycles. The topological polar surface area (TPSA) is 45.0 Å². The lowest BCUT2D eigenvalue weighted by Crippen LogP contribution is -2.48. The van der Waals surface area contributed by atoms with E-state index < -0.39 is 5.54 Å². The Morgan fingerprint density at radius 3 is 2.61 bits per heavy atom. The van der Waals surface area contributed by atoms with Gasteiger partial charge in [-0.05, 0) is 39.2 Å². The summed E-state index contributed by atoms with van der Waals surface area (Å²) in [6.07, 6.45) is 8.80. The van der Waals surface area contributed by atoms with Gasteiger partial charge in [0.2, 0.25) is 0 Å². The maximum atomic E-state index is 9.35. The summed E-state index contributed by atoms with van der Waals surface area (Å²) in [4.78, 5) is 0. The van der Waals surface area contributed by atoms with Crippen molar-refractivity contribution in [3.05, 3.63) is 0 Å². The molecular weight excluding hydrogens is 224 g/mol. The number of ether oxygens (including phenoxy) is 1. The molecule has 0 aromatic carbocycles. The maximum Gasteiger partial charge on any atom is 0.132 e. The summed E-state index contributed by atoms with van der Waals surface area (Å²) in [5.41, 5.74) is -0.447. The molecule has 3 heteroatoms. The zero-order valence-electron chi connectivity index (χ0n) is 12.2. The van der Waals surface area contributed by atoms with Crippen molar-refractivity contribution in [2.75, 3.05) is 13.7 Å². The van der Waals surface area contributed by atoms with Crippen LogP contribution in [-0.4, -0.2) is 25.3 Å². The van der Waals surface area contributed by atoms with Crippen LogP contribution in [0.15, 0.2) is 0 Å². The van der Waals surface area contributed by atoms with E-state index in [9.17, 15) is 5.26 Å². The fraction of sp³-hybridized carbons (Fsp3) is 0.933. The lowest BCUT2D eigenvalue weighted by Gasteiger charge is -2.27. The van der Waals surface area contributed by atoms with E-state index in [0.29, 0.717) is 12.5 Å². The lowest BCUT2D eigenvalue weighted by atomic mass is 9.96. The predicted molar refractivity (Wildman–Crippen MR) is 74.3 cm³/mol. The van der Waals surface area contributed by atoms with Crippen LogP contribution in [0.1, 0.15) is 58.8 Å². The van der Waals surface area contributed by atoms with E-state index >= 15 is 0 Å². The van der Waals surface area contributed by atoms with Crippen LogP contribution < -0.4 is 5.32 Å². The van der Waals surface area contributed by atoms with Crippen molar-refractivity contribution in [2.45, 2.75) is 70.4 Å². The highest BCUT2D eigenvalue weighted by Gasteiger charge is 2.45. The zero-order chi connectivity index (χ0) is 13.4. The van der Waals surface area contributed by atoms with Crippen molar-refractivity contribution < 1.29 is 4.74 Å². The summed E-state index contributed by atoms with van der Waals surface area (Å²) in [5.74, 6) is 0.486. The Hall–Kier alpha value is -0.590. The molecule has 0 aromatic heterocycles. The smallest absolute Gasteiger partial charge is 0.132 e. The van der Waals surface area contributed by atoms with Crippen molar-refractivity contribution in [3.8, 4) is 6.07 Å². The molecule has 1 rings (SSSR count). The van der Waals surface area contributed by atoms with Crippen LogP contribution in [0, 0.1) is 17.2 Å². The third-order valence-electron chi connectivity index (χ3n) is 3.98. The first kappa shape index (κ1) is 15.5. The molecular formula is C15H28N2O. The molecule has 0 saturated heterocycles. The minimum atomic E-state index is -0.447. The Morgan fingerprint density at radius 2 is 2.11 bits per heavy atom. The standard InChI is InChI=1S/C15H28N2O/c1-4-5-6-7-8-13(2)18-12-15(11-16,17-3)14-9-10-14/h13-14,17H,4-10,12H2,1-3H3. The molecule has 1 N–H and O–H groups in total. The molecule has 2 atom stereocenters. The van der Waals surface area contributed by atoms with Crippen molar-refractivity contribution in [3.63, 3.8) is 0 Å². The summed E-state index contributed by atoms with van der Waals surface area (Å²) >= 11 is 0. The Bertz CT molecular complexity index is 270. The quantitative estimate of drug-likeness (QED) is 0.607. The highest BCUT2D eigenvalue weighted by molar-refractivity contribution is 5.14. The molecule has 0 bridgehead atoms. The van der Waals surface area contributed by atoms with Gasteiger partial charge in [0.1, 0.15) is 5.54 Å². The second-order valence-corrected chi connectivity index (χ2v) is 5.58. The first-order valence-corrected chi connectivity index (χ1v) is 7.40. The molecule has 104 valence electrons. The van der Waals surface area contributed by atoms with Gasteiger partial charge in [-0.2, -0.15) is 5.26 Å². The van der Waals surface area contributed by atoms with Crippen molar-refractivity contribution in [1.82, 2.24) is 5.32 Å². The highest BCUT2D eigenvalue weighted by Crippen LogP contribution is 2.39. The average molecular weight is 252 g/mol. The summed E-state index contributed by atoms with van der Waals surface area (Å²) in [6.45, 7) is 4.88. The third kappa shape index (κ3) is 4.59. The predicted octanol–water partition coefficient (Wildman–Crippen LogP) is 3.25. The van der Waals surface area contributed by atoms with E-state index in [1.807, 2.05) is 7.05 Å². The van der Waals surface area contributed by atoms with Gasteiger partial charge in [0.15, 0.2) is 0 Å². The Morgan fingerprint density at radius 1 is 1.39 bits per heavy atom. The number of nitrogens with zero attached hydrogens (tertiary/aromatic N) is 1. The summed E-state index contributed by atoms with van der Waals surface area (Å²) < 4.78 is 5.89. The van der Waals surface area contributed by atoms with Crippen molar-refractivity contribution in [1.29, 1.82) is 5.26 Å². The molecule has 0 spiro atoms. The van der Waals surface area contributed by atoms with Gasteiger partial charge in [0.25, 0.3) is 0 Å². The average Bonchev–Trinajstić information content (AvgIpc) is 3.21. The molecule has 0 amide bonds. The van der Waals surface area contributed by atoms with Gasteiger partial charge in [0.05, 0.1) is 18.8 Å². The molecule has 1 aliphatic rings. The SMILES string of the molecule is CCCCCCC(C)OCC(C#N)(NC)C1CC1. The second kappa shape index (κ2) is 7.76. The van der Waals surface area contributed by atoms with Crippen LogP contribution in [0.25, 0.3) is 0 Å². The molecule has 3 nitrogen and oxygen atoms in total. The van der Waals surface area contributed by atoms with Crippen LogP contribution in [-0.2, 0) is 4.74 Å². The molecule has 18 heavy (non-hydrogen) atoms. The number of nitrogens with one attached hydrogen (secondary N) is 1. The number of hydrogen-bond donors (Lipinski definition) is 1. The van der Waals surface area contributed by atoms with Crippen molar-refractivity contribution in [2.24, 2.45) is 5.92 Å². The zero-order valence-corrected chi connectivity index (χ0v) is 12.2. The number of unbranched alkanes of at least 4 members (excludes halogenated alkanes) is 3. The van der Waals surface area contributed by atoms with Crippen LogP contribution in [0.5, 0.6) is 0 Å². The minimum absolute atomic E-state index is 0.265. The van der Waals surface area contributed by atoms with Crippen LogP contribution in [0.4, 0.5) is 0 Å². The third-order valence-corrected chi connectivity index (χ3v) is 3.98. The fourth-order valence-electron chi connectivity index (χ4n) is 2.37. The maximum absolute atomic E-state index is 9.35. The summed E-state index contributed by atoms with van der Waals surface area (Å²) in [5, 5.41) is 12.5. The minimum Gasteiger partial charge on any atom is -0.375 e. The molecule has 0 radical (unpaired) electrons. The molecule has 0 aromatic rings. The molecule has 1 saturated carbocycles. The molecule has 0 aliphatic heterocycles. The van der Waals surface area contributed by atoms with E-state index in [4.69, 9.17) is 4.74 Å². The van der Waals surface area contributed by atoms with E-state index in [1.165, 1.54) is 25.7 Å². The molecule has 1 fully saturated rings. The van der Waals surface area contributed by atoms with Gasteiger partial charge >= 0.3 is 0 Å². The monoisotopic (exact) mass is 252 g/mol. The van der Waals surface area contributed by atoms with E-state index in [1.54, 1.807) is 0 Å². The lowest BCUT2D eigenvalue weighted by molar-refractivity contribution is 0.0241. The van der Waals surface area contributed by atoms with Gasteiger partial charge < -0.3 is 10.1 Å². The van der Waals surface area contributed by atoms with Gasteiger partial charge in [0, 0.05) is 0 Å². The van der Waals surface area contributed by atoms with Crippen molar-refractivity contribution >= 4 is 0 Å². The van der Waals surface area contributed by atoms with Crippen LogP contribution >= 0.6 is 0 Å². The number of hydrogen-bond acceptors (Lipinski definition) is 3. The summed E-state index contributed by atoms with van der Waals surface area (Å²) in [7, 11) is 1.87. The van der Waals surface area contributed by atoms with E-state index in [2.05, 4.69) is 25.2 Å². The fourth-order valence-corrected chi connectivity index (χ4v) is 2.37. The van der Waals surface area contributed by atoms with E-state index in [-0.39, 0.29) is 6.10 Å². The van der Waals surface area contributed by atoms with E-state index in [0.717, 1.165) is 19.3 Å². The van der Waals surface area contributed by atoms with Crippen LogP contribution in [0.3, 0.4) is 0 Å². The number of likely N-dealkylation sites (N-methyl/N-ethyl adjacent to an activating group) is 1. The largest absolute Gasteiger partial charge is 0.375 e. The molecule has 1 aliphatic carbocycles. The number of rotatable bonds is 10. The highest BCUT2D eigenvalue weighted by atomic mass is 16.5. The first-order valence-electron chi connectivity index (χ1n) is 7.40. The van der Waals surface area contributed by atoms with Crippen LogP contribution in [0.2, 0.25) is 0 Å². The number of nitriles is 1. The van der Waals surface area contributed by atoms with Gasteiger partial charge in [-0.3, -0.25) is 0 Å². The molecule has 2 unspecified atom stereocenters. The van der Waals surface area contributed by atoms with Gasteiger partial charge in [-0.15, -0.1) is 0 Å².